The van der Waals surface area contributed by atoms with E-state index in [2.05, 4.69) is 36.6 Å². The van der Waals surface area contributed by atoms with Gasteiger partial charge in [-0.2, -0.15) is 0 Å². The van der Waals surface area contributed by atoms with Gasteiger partial charge >= 0.3 is 0 Å². The molecule has 0 spiro atoms. The molecule has 0 radical (unpaired) electrons. The van der Waals surface area contributed by atoms with E-state index in [4.69, 9.17) is 0 Å². The third kappa shape index (κ3) is 7.13. The van der Waals surface area contributed by atoms with Crippen molar-refractivity contribution in [3.05, 3.63) is 92.6 Å². The molecule has 0 fully saturated rings. The van der Waals surface area contributed by atoms with Crippen molar-refractivity contribution in [2.45, 2.75) is 25.2 Å². The number of rotatable bonds is 9. The smallest absolute Gasteiger partial charge is 0.263 e. The summed E-state index contributed by atoms with van der Waals surface area (Å²) in [5.74, 6) is -0.159. The Balaban J connectivity index is 1.73. The normalized spacial score (nSPS) is 11.5. The Kier molecular flexibility index (Phi) is 8.89. The lowest BCUT2D eigenvalue weighted by molar-refractivity contribution is 0.0738. The van der Waals surface area contributed by atoms with Crippen LogP contribution in [0, 0.1) is 11.7 Å². The molecule has 3 rings (SSSR count). The third-order valence-corrected chi connectivity index (χ3v) is 7.89. The molecular weight excluding hydrogens is 587 g/mol. The summed E-state index contributed by atoms with van der Waals surface area (Å²) in [6.45, 7) is 5.14. The van der Waals surface area contributed by atoms with Crippen LogP contribution in [0.25, 0.3) is 0 Å². The summed E-state index contributed by atoms with van der Waals surface area (Å²) in [7, 11) is -3.82. The molecule has 1 amide bonds. The summed E-state index contributed by atoms with van der Waals surface area (Å²) in [4.78, 5) is 15.0. The minimum Gasteiger partial charge on any atom is -0.338 e. The van der Waals surface area contributed by atoms with Crippen LogP contribution < -0.4 is 4.72 Å². The van der Waals surface area contributed by atoms with E-state index in [1.807, 2.05) is 13.8 Å². The number of hydrogen-bond acceptors (Lipinski definition) is 3. The Labute approximate surface area is 216 Å². The highest BCUT2D eigenvalue weighted by molar-refractivity contribution is 9.11. The van der Waals surface area contributed by atoms with Crippen molar-refractivity contribution in [2.75, 3.05) is 17.8 Å². The molecule has 5 nitrogen and oxygen atoms in total. The van der Waals surface area contributed by atoms with Crippen molar-refractivity contribution in [3.63, 3.8) is 0 Å². The highest BCUT2D eigenvalue weighted by atomic mass is 79.9. The Bertz CT molecular complexity index is 1250. The van der Waals surface area contributed by atoms with E-state index in [0.717, 1.165) is 5.56 Å². The van der Waals surface area contributed by atoms with Crippen molar-refractivity contribution in [1.82, 2.24) is 4.90 Å². The number of amides is 1. The number of hydrogen-bond donors (Lipinski definition) is 1. The topological polar surface area (TPSA) is 66.5 Å². The van der Waals surface area contributed by atoms with Crippen molar-refractivity contribution < 1.29 is 17.6 Å². The molecule has 0 saturated heterocycles. The highest BCUT2D eigenvalue weighted by Gasteiger charge is 2.20. The average Bonchev–Trinajstić information content (AvgIpc) is 2.79. The first-order valence-corrected chi connectivity index (χ1v) is 13.7. The van der Waals surface area contributed by atoms with Crippen molar-refractivity contribution in [1.29, 1.82) is 0 Å². The van der Waals surface area contributed by atoms with Crippen LogP contribution in [0.5, 0.6) is 0 Å². The molecule has 180 valence electrons. The van der Waals surface area contributed by atoms with E-state index in [-0.39, 0.29) is 22.5 Å². The lowest BCUT2D eigenvalue weighted by atomic mass is 10.1. The molecule has 34 heavy (non-hydrogen) atoms. The molecule has 0 aliphatic carbocycles. The number of nitrogens with one attached hydrogen (secondary N) is 1. The number of nitrogens with zero attached hydrogens (tertiary/aromatic N) is 1. The first-order valence-electron chi connectivity index (χ1n) is 10.7. The summed E-state index contributed by atoms with van der Waals surface area (Å²) >= 11 is 6.56. The van der Waals surface area contributed by atoms with Crippen LogP contribution in [0.15, 0.2) is 80.6 Å². The zero-order valence-corrected chi connectivity index (χ0v) is 22.8. The number of carbonyl (C=O) groups is 1. The maximum atomic E-state index is 13.2. The molecule has 0 aromatic heterocycles. The lowest BCUT2D eigenvalue weighted by Gasteiger charge is -2.25. The van der Waals surface area contributed by atoms with E-state index < -0.39 is 10.0 Å². The largest absolute Gasteiger partial charge is 0.338 e. The summed E-state index contributed by atoms with van der Waals surface area (Å²) in [5, 5.41) is 0. The second-order valence-electron chi connectivity index (χ2n) is 8.28. The summed E-state index contributed by atoms with van der Waals surface area (Å²) in [5.41, 5.74) is 1.77. The second-order valence-corrected chi connectivity index (χ2v) is 11.7. The van der Waals surface area contributed by atoms with Gasteiger partial charge in [-0.15, -0.1) is 0 Å². The predicted octanol–water partition coefficient (Wildman–Crippen LogP) is 6.49. The van der Waals surface area contributed by atoms with Crippen molar-refractivity contribution >= 4 is 53.5 Å². The maximum absolute atomic E-state index is 13.2. The van der Waals surface area contributed by atoms with Gasteiger partial charge in [0, 0.05) is 33.3 Å². The molecule has 0 unspecified atom stereocenters. The molecule has 0 aliphatic rings. The summed E-state index contributed by atoms with van der Waals surface area (Å²) < 4.78 is 42.4. The molecule has 0 aliphatic heterocycles. The second kappa shape index (κ2) is 11.5. The molecule has 0 heterocycles. The van der Waals surface area contributed by atoms with Gasteiger partial charge in [-0.1, -0.05) is 41.9 Å². The van der Waals surface area contributed by atoms with Crippen LogP contribution in [-0.4, -0.2) is 32.3 Å². The van der Waals surface area contributed by atoms with Crippen LogP contribution >= 0.6 is 31.9 Å². The fraction of sp³-hybridized carbons (Fsp3) is 0.240. The standard InChI is InChI=1S/C25H25Br2FN2O3S/c1-17(2)16-30(14-13-18-3-8-21(28)9-4-18)25(31)19-5-10-22(11-6-19)29-34(32,33)24-15-20(26)7-12-23(24)27/h3-12,15,17,29H,13-14,16H2,1-2H3. The van der Waals surface area contributed by atoms with Gasteiger partial charge in [0.05, 0.1) is 0 Å². The van der Waals surface area contributed by atoms with Gasteiger partial charge in [0.15, 0.2) is 0 Å². The van der Waals surface area contributed by atoms with Crippen LogP contribution in [-0.2, 0) is 16.4 Å². The van der Waals surface area contributed by atoms with Crippen molar-refractivity contribution in [2.24, 2.45) is 5.92 Å². The van der Waals surface area contributed by atoms with E-state index in [1.54, 1.807) is 53.4 Å². The molecule has 1 N–H and O–H groups in total. The zero-order chi connectivity index (χ0) is 24.9. The third-order valence-electron chi connectivity index (χ3n) is 5.02. The van der Waals surface area contributed by atoms with E-state index in [1.165, 1.54) is 18.2 Å². The number of anilines is 1. The molecule has 0 saturated carbocycles. The number of benzene rings is 3. The molecule has 0 bridgehead atoms. The van der Waals surface area contributed by atoms with Gasteiger partial charge in [0.25, 0.3) is 15.9 Å². The van der Waals surface area contributed by atoms with E-state index >= 15 is 0 Å². The zero-order valence-electron chi connectivity index (χ0n) is 18.8. The Morgan fingerprint density at radius 2 is 1.65 bits per heavy atom. The SMILES string of the molecule is CC(C)CN(CCc1ccc(F)cc1)C(=O)c1ccc(NS(=O)(=O)c2cc(Br)ccc2Br)cc1. The molecule has 0 atom stereocenters. The maximum Gasteiger partial charge on any atom is 0.263 e. The summed E-state index contributed by atoms with van der Waals surface area (Å²) in [6.07, 6.45) is 0.609. The molecule has 9 heteroatoms. The summed E-state index contributed by atoms with van der Waals surface area (Å²) in [6, 6.07) is 17.5. The Morgan fingerprint density at radius 1 is 1.00 bits per heavy atom. The monoisotopic (exact) mass is 610 g/mol. The van der Waals surface area contributed by atoms with Gasteiger partial charge in [-0.3, -0.25) is 9.52 Å². The minimum atomic E-state index is -3.82. The molecular formula is C25H25Br2FN2O3S. The molecule has 3 aromatic rings. The minimum absolute atomic E-state index is 0.103. The fourth-order valence-corrected chi connectivity index (χ4v) is 5.95. The van der Waals surface area contributed by atoms with E-state index in [0.29, 0.717) is 39.7 Å². The number of halogens is 3. The van der Waals surface area contributed by atoms with Gasteiger partial charge in [-0.25, -0.2) is 12.8 Å². The Morgan fingerprint density at radius 3 is 2.26 bits per heavy atom. The number of sulfonamides is 1. The predicted molar refractivity (Wildman–Crippen MR) is 140 cm³/mol. The molecule has 3 aromatic carbocycles. The van der Waals surface area contributed by atoms with Gasteiger partial charge in [0.1, 0.15) is 10.7 Å². The Hall–Kier alpha value is -2.23. The highest BCUT2D eigenvalue weighted by Crippen LogP contribution is 2.27. The number of carbonyl (C=O) groups excluding carboxylic acids is 1. The van der Waals surface area contributed by atoms with Gasteiger partial charge in [-0.05, 0) is 88.4 Å². The first kappa shape index (κ1) is 26.4. The van der Waals surface area contributed by atoms with Crippen LogP contribution in [0.2, 0.25) is 0 Å². The quantitative estimate of drug-likeness (QED) is 0.301. The fourth-order valence-electron chi connectivity index (χ4n) is 3.39. The van der Waals surface area contributed by atoms with Gasteiger partial charge < -0.3 is 4.90 Å². The van der Waals surface area contributed by atoms with Gasteiger partial charge in [0.2, 0.25) is 0 Å². The lowest BCUT2D eigenvalue weighted by Crippen LogP contribution is -2.36. The van der Waals surface area contributed by atoms with Crippen LogP contribution in [0.3, 0.4) is 0 Å². The van der Waals surface area contributed by atoms with Crippen molar-refractivity contribution in [3.8, 4) is 0 Å². The first-order chi connectivity index (χ1) is 16.0. The van der Waals surface area contributed by atoms with Crippen LogP contribution in [0.1, 0.15) is 29.8 Å². The van der Waals surface area contributed by atoms with E-state index in [9.17, 15) is 17.6 Å². The van der Waals surface area contributed by atoms with Crippen LogP contribution in [0.4, 0.5) is 10.1 Å². The average molecular weight is 612 g/mol.